The van der Waals surface area contributed by atoms with Crippen LogP contribution in [0.4, 0.5) is 4.39 Å². The molecule has 2 aliphatic rings. The van der Waals surface area contributed by atoms with E-state index in [1.54, 1.807) is 12.1 Å². The molecule has 2 N–H and O–H groups in total. The third-order valence-electron chi connectivity index (χ3n) is 8.84. The van der Waals surface area contributed by atoms with Gasteiger partial charge in [-0.3, -0.25) is 4.79 Å². The lowest BCUT2D eigenvalue weighted by Gasteiger charge is -2.28. The van der Waals surface area contributed by atoms with Gasteiger partial charge in [0.25, 0.3) is 0 Å². The summed E-state index contributed by atoms with van der Waals surface area (Å²) in [5.41, 5.74) is 6.21. The summed E-state index contributed by atoms with van der Waals surface area (Å²) in [5.74, 6) is -0.901. The second-order valence-electron chi connectivity index (χ2n) is 11.6. The maximum absolute atomic E-state index is 13.9. The Kier molecular flexibility index (Phi) is 7.44. The third-order valence-corrected chi connectivity index (χ3v) is 9.99. The molecular weight excluding hydrogens is 563 g/mol. The third kappa shape index (κ3) is 5.32. The van der Waals surface area contributed by atoms with Crippen LogP contribution in [-0.4, -0.2) is 57.6 Å². The fourth-order valence-corrected chi connectivity index (χ4v) is 7.85. The highest BCUT2D eigenvalue weighted by Crippen LogP contribution is 2.47. The Labute approximate surface area is 253 Å². The lowest BCUT2D eigenvalue weighted by Crippen LogP contribution is -2.47. The topological polar surface area (TPSA) is 87.5 Å². The molecule has 7 rings (SSSR count). The van der Waals surface area contributed by atoms with Crippen molar-refractivity contribution >= 4 is 44.3 Å². The Morgan fingerprint density at radius 1 is 0.977 bits per heavy atom. The number of aromatic carboxylic acids is 1. The Bertz CT molecular complexity index is 1850. The second-order valence-corrected chi connectivity index (χ2v) is 12.6. The maximum atomic E-state index is 13.9. The van der Waals surface area contributed by atoms with Gasteiger partial charge < -0.3 is 19.9 Å². The number of carboxylic acids is 1. The molecule has 1 aliphatic carbocycles. The van der Waals surface area contributed by atoms with Gasteiger partial charge >= 0.3 is 5.97 Å². The van der Waals surface area contributed by atoms with Crippen LogP contribution in [-0.2, 0) is 11.3 Å². The standard InChI is InChI=1S/C34H33FN4O3S/c35-25-8-4-7-22(18-25)26-11-9-23-17-24(10-12-27(23)37-26)32-31(21-5-2-1-3-6-21)33-28(19-29(43-33)34(41)42)39(32)20-30(40)38-15-13-36-14-16-38/h4,7-12,17-19,21,36H,1-3,5-6,13-16,20H2,(H,41,42). The normalized spacial score (nSPS) is 16.3. The minimum absolute atomic E-state index is 0.0418. The van der Waals surface area contributed by atoms with Gasteiger partial charge in [-0.2, -0.15) is 0 Å². The maximum Gasteiger partial charge on any atom is 0.345 e. The summed E-state index contributed by atoms with van der Waals surface area (Å²) in [6.45, 7) is 3.01. The van der Waals surface area contributed by atoms with Crippen LogP contribution in [0.1, 0.15) is 53.3 Å². The van der Waals surface area contributed by atoms with E-state index < -0.39 is 5.97 Å². The number of fused-ring (bicyclic) bond motifs is 2. The van der Waals surface area contributed by atoms with Crippen LogP contribution < -0.4 is 5.32 Å². The van der Waals surface area contributed by atoms with Gasteiger partial charge in [0.2, 0.25) is 5.91 Å². The van der Waals surface area contributed by atoms with E-state index >= 15 is 0 Å². The van der Waals surface area contributed by atoms with Crippen LogP contribution in [0.5, 0.6) is 0 Å². The first-order chi connectivity index (χ1) is 21.0. The Morgan fingerprint density at radius 2 is 1.79 bits per heavy atom. The van der Waals surface area contributed by atoms with Gasteiger partial charge in [0.1, 0.15) is 17.2 Å². The Balaban J connectivity index is 1.39. The SMILES string of the molecule is O=C(O)c1cc2c(s1)c(C1CCCCC1)c(-c1ccc3nc(-c4cccc(F)c4)ccc3c1)n2CC(=O)N1CCNCC1. The fourth-order valence-electron chi connectivity index (χ4n) is 6.73. The van der Waals surface area contributed by atoms with E-state index in [2.05, 4.69) is 22.0 Å². The summed E-state index contributed by atoms with van der Waals surface area (Å²) in [4.78, 5) is 32.8. The van der Waals surface area contributed by atoms with Crippen LogP contribution >= 0.6 is 11.3 Å². The summed E-state index contributed by atoms with van der Waals surface area (Å²) in [6.07, 6.45) is 5.57. The summed E-state index contributed by atoms with van der Waals surface area (Å²) in [5, 5.41) is 14.2. The number of carbonyl (C=O) groups excluding carboxylic acids is 1. The molecule has 1 aliphatic heterocycles. The molecule has 43 heavy (non-hydrogen) atoms. The molecule has 5 aromatic rings. The van der Waals surface area contributed by atoms with Crippen molar-refractivity contribution in [2.24, 2.45) is 0 Å². The molecule has 7 nitrogen and oxygen atoms in total. The summed E-state index contributed by atoms with van der Waals surface area (Å²) in [6, 6.07) is 18.3. The number of amides is 1. The summed E-state index contributed by atoms with van der Waals surface area (Å²) >= 11 is 1.32. The molecule has 3 aromatic heterocycles. The number of rotatable bonds is 6. The number of carboxylic acid groups (broad SMARTS) is 1. The van der Waals surface area contributed by atoms with Crippen molar-refractivity contribution in [3.63, 3.8) is 0 Å². The highest BCUT2D eigenvalue weighted by Gasteiger charge is 2.30. The molecule has 9 heteroatoms. The molecule has 0 spiro atoms. The number of hydrogen-bond acceptors (Lipinski definition) is 5. The predicted molar refractivity (Wildman–Crippen MR) is 168 cm³/mol. The molecule has 1 saturated carbocycles. The number of benzene rings is 2. The lowest BCUT2D eigenvalue weighted by molar-refractivity contribution is -0.132. The first kappa shape index (κ1) is 27.7. The fraction of sp³-hybridized carbons (Fsp3) is 0.324. The number of nitrogens with one attached hydrogen (secondary N) is 1. The van der Waals surface area contributed by atoms with Crippen LogP contribution in [0.25, 0.3) is 43.6 Å². The number of pyridine rings is 1. The van der Waals surface area contributed by atoms with Gasteiger partial charge in [-0.1, -0.05) is 43.5 Å². The molecular formula is C34H33FN4O3S. The Morgan fingerprint density at radius 3 is 2.56 bits per heavy atom. The molecule has 0 radical (unpaired) electrons. The average molecular weight is 597 g/mol. The van der Waals surface area contributed by atoms with E-state index in [0.717, 1.165) is 76.7 Å². The average Bonchev–Trinajstić information content (AvgIpc) is 3.60. The van der Waals surface area contributed by atoms with Gasteiger partial charge in [-0.25, -0.2) is 14.2 Å². The minimum atomic E-state index is -0.941. The number of nitrogens with zero attached hydrogens (tertiary/aromatic N) is 3. The van der Waals surface area contributed by atoms with Crippen LogP contribution in [0.3, 0.4) is 0 Å². The molecule has 1 saturated heterocycles. The molecule has 4 heterocycles. The van der Waals surface area contributed by atoms with Gasteiger partial charge in [0.15, 0.2) is 0 Å². The number of thiophene rings is 1. The van der Waals surface area contributed by atoms with Crippen LogP contribution in [0.2, 0.25) is 0 Å². The molecule has 2 aromatic carbocycles. The zero-order valence-electron chi connectivity index (χ0n) is 23.8. The highest BCUT2D eigenvalue weighted by atomic mass is 32.1. The molecule has 0 unspecified atom stereocenters. The number of piperazine rings is 1. The molecule has 0 bridgehead atoms. The van der Waals surface area contributed by atoms with Crippen molar-refractivity contribution in [1.82, 2.24) is 19.8 Å². The zero-order chi connectivity index (χ0) is 29.5. The molecule has 220 valence electrons. The van der Waals surface area contributed by atoms with Gasteiger partial charge in [-0.05, 0) is 66.3 Å². The van der Waals surface area contributed by atoms with E-state index in [1.165, 1.54) is 35.5 Å². The van der Waals surface area contributed by atoms with Crippen molar-refractivity contribution in [3.8, 4) is 22.5 Å². The van der Waals surface area contributed by atoms with Crippen molar-refractivity contribution in [3.05, 3.63) is 76.9 Å². The van der Waals surface area contributed by atoms with Crippen molar-refractivity contribution in [2.75, 3.05) is 26.2 Å². The number of aromatic nitrogens is 2. The molecule has 1 amide bonds. The predicted octanol–water partition coefficient (Wildman–Crippen LogP) is 6.90. The quantitative estimate of drug-likeness (QED) is 0.223. The second kappa shape index (κ2) is 11.5. The summed E-state index contributed by atoms with van der Waals surface area (Å²) in [7, 11) is 0. The molecule has 0 atom stereocenters. The zero-order valence-corrected chi connectivity index (χ0v) is 24.6. The minimum Gasteiger partial charge on any atom is -0.477 e. The molecule has 2 fully saturated rings. The first-order valence-electron chi connectivity index (χ1n) is 15.0. The Hall–Kier alpha value is -4.08. The number of hydrogen-bond donors (Lipinski definition) is 2. The number of carbonyl (C=O) groups is 2. The van der Waals surface area contributed by atoms with E-state index in [4.69, 9.17) is 4.98 Å². The van der Waals surface area contributed by atoms with Crippen molar-refractivity contribution in [1.29, 1.82) is 0 Å². The monoisotopic (exact) mass is 596 g/mol. The van der Waals surface area contributed by atoms with Crippen molar-refractivity contribution in [2.45, 2.75) is 44.6 Å². The van der Waals surface area contributed by atoms with E-state index in [1.807, 2.05) is 29.2 Å². The lowest BCUT2D eigenvalue weighted by atomic mass is 9.83. The van der Waals surface area contributed by atoms with Gasteiger partial charge in [0.05, 0.1) is 27.1 Å². The number of halogens is 1. The van der Waals surface area contributed by atoms with E-state index in [9.17, 15) is 19.1 Å². The van der Waals surface area contributed by atoms with Gasteiger partial charge in [0, 0.05) is 37.1 Å². The first-order valence-corrected chi connectivity index (χ1v) is 15.8. The largest absolute Gasteiger partial charge is 0.477 e. The smallest absolute Gasteiger partial charge is 0.345 e. The van der Waals surface area contributed by atoms with E-state index in [-0.39, 0.29) is 18.3 Å². The summed E-state index contributed by atoms with van der Waals surface area (Å²) < 4.78 is 16.9. The van der Waals surface area contributed by atoms with Crippen molar-refractivity contribution < 1.29 is 19.1 Å². The van der Waals surface area contributed by atoms with Crippen LogP contribution in [0, 0.1) is 5.82 Å². The van der Waals surface area contributed by atoms with Crippen LogP contribution in [0.15, 0.2) is 60.7 Å². The van der Waals surface area contributed by atoms with E-state index in [0.29, 0.717) is 29.6 Å². The highest BCUT2D eigenvalue weighted by molar-refractivity contribution is 7.21. The van der Waals surface area contributed by atoms with Gasteiger partial charge in [-0.15, -0.1) is 11.3 Å².